The smallest absolute Gasteiger partial charge is 0.255 e. The van der Waals surface area contributed by atoms with Gasteiger partial charge in [0.2, 0.25) is 5.82 Å². The van der Waals surface area contributed by atoms with Crippen LogP contribution in [0.25, 0.3) is 22.5 Å². The molecule has 0 aliphatic rings. The summed E-state index contributed by atoms with van der Waals surface area (Å²) in [5.74, 6) is 0.564. The van der Waals surface area contributed by atoms with Crippen LogP contribution in [0, 0.1) is 12.8 Å². The van der Waals surface area contributed by atoms with Crippen molar-refractivity contribution >= 4 is 11.6 Å². The van der Waals surface area contributed by atoms with Gasteiger partial charge in [0, 0.05) is 35.5 Å². The highest BCUT2D eigenvalue weighted by molar-refractivity contribution is 6.07. The molecule has 2 aromatic carbocycles. The number of H-pyrrole nitrogens is 1. The Hall–Kier alpha value is -3.95. The topological polar surface area (TPSA) is 148 Å². The van der Waals surface area contributed by atoms with Gasteiger partial charge in [-0.2, -0.15) is 5.21 Å². The third-order valence-corrected chi connectivity index (χ3v) is 5.82. The Labute approximate surface area is 204 Å². The van der Waals surface area contributed by atoms with E-state index in [1.54, 1.807) is 18.2 Å². The summed E-state index contributed by atoms with van der Waals surface area (Å²) in [6.45, 7) is 6.98. The number of aromatic amines is 1. The Kier molecular flexibility index (Phi) is 7.28. The first-order valence-electron chi connectivity index (χ1n) is 11.6. The number of carbonyl (C=O) groups is 1. The summed E-state index contributed by atoms with van der Waals surface area (Å²) in [4.78, 5) is 18.2. The number of anilines is 1. The molecule has 1 amide bonds. The van der Waals surface area contributed by atoms with Crippen LogP contribution >= 0.6 is 0 Å². The first kappa shape index (κ1) is 24.2. The summed E-state index contributed by atoms with van der Waals surface area (Å²) < 4.78 is 0. The largest absolute Gasteiger partial charge is 0.326 e. The van der Waals surface area contributed by atoms with Gasteiger partial charge in [-0.05, 0) is 53.3 Å². The number of pyridine rings is 1. The Balaban J connectivity index is 1.80. The first-order chi connectivity index (χ1) is 16.9. The van der Waals surface area contributed by atoms with Crippen LogP contribution < -0.4 is 16.8 Å². The van der Waals surface area contributed by atoms with E-state index in [2.05, 4.69) is 39.8 Å². The van der Waals surface area contributed by atoms with E-state index < -0.39 is 0 Å². The van der Waals surface area contributed by atoms with E-state index in [9.17, 15) is 4.79 Å². The van der Waals surface area contributed by atoms with E-state index >= 15 is 0 Å². The zero-order chi connectivity index (χ0) is 24.9. The summed E-state index contributed by atoms with van der Waals surface area (Å²) in [5, 5.41) is 17.1. The van der Waals surface area contributed by atoms with Crippen molar-refractivity contribution in [1.82, 2.24) is 25.6 Å². The van der Waals surface area contributed by atoms with Crippen LogP contribution in [-0.4, -0.2) is 31.5 Å². The molecule has 0 saturated carbocycles. The van der Waals surface area contributed by atoms with Gasteiger partial charge in [0.15, 0.2) is 0 Å². The normalized spacial score (nSPS) is 11.1. The van der Waals surface area contributed by atoms with Crippen LogP contribution in [0.1, 0.15) is 46.7 Å². The fourth-order valence-corrected chi connectivity index (χ4v) is 4.13. The van der Waals surface area contributed by atoms with Crippen molar-refractivity contribution in [3.63, 3.8) is 0 Å². The molecule has 0 spiro atoms. The van der Waals surface area contributed by atoms with Gasteiger partial charge in [0.1, 0.15) is 0 Å². The number of rotatable bonds is 8. The molecule has 6 N–H and O–H groups in total. The van der Waals surface area contributed by atoms with E-state index in [1.807, 2.05) is 37.3 Å². The van der Waals surface area contributed by atoms with E-state index in [4.69, 9.17) is 16.5 Å². The van der Waals surface area contributed by atoms with Crippen molar-refractivity contribution in [3.05, 3.63) is 76.6 Å². The van der Waals surface area contributed by atoms with Crippen molar-refractivity contribution in [1.29, 1.82) is 0 Å². The second kappa shape index (κ2) is 10.5. The van der Waals surface area contributed by atoms with Gasteiger partial charge in [-0.1, -0.05) is 50.2 Å². The minimum atomic E-state index is -0.264. The molecule has 0 bridgehead atoms. The Morgan fingerprint density at radius 2 is 1.83 bits per heavy atom. The number of carbonyl (C=O) groups excluding carboxylic acids is 1. The van der Waals surface area contributed by atoms with Crippen LogP contribution in [0.3, 0.4) is 0 Å². The zero-order valence-electron chi connectivity index (χ0n) is 20.2. The van der Waals surface area contributed by atoms with Gasteiger partial charge in [0.25, 0.3) is 5.91 Å². The maximum Gasteiger partial charge on any atom is 0.255 e. The molecule has 180 valence electrons. The Morgan fingerprint density at radius 1 is 1.06 bits per heavy atom. The van der Waals surface area contributed by atoms with Crippen LogP contribution in [-0.2, 0) is 19.5 Å². The third kappa shape index (κ3) is 5.26. The maximum absolute atomic E-state index is 13.4. The van der Waals surface area contributed by atoms with Gasteiger partial charge in [0.05, 0.1) is 11.4 Å². The quantitative estimate of drug-likeness (QED) is 0.307. The maximum atomic E-state index is 13.4. The predicted molar refractivity (Wildman–Crippen MR) is 136 cm³/mol. The molecule has 0 aliphatic carbocycles. The van der Waals surface area contributed by atoms with Gasteiger partial charge in [-0.25, -0.2) is 0 Å². The molecule has 0 unspecified atom stereocenters. The number of nitrogens with zero attached hydrogens (tertiary/aromatic N) is 4. The third-order valence-electron chi connectivity index (χ3n) is 5.82. The number of tetrazole rings is 1. The lowest BCUT2D eigenvalue weighted by atomic mass is 9.92. The number of hydrogen-bond donors (Lipinski definition) is 4. The summed E-state index contributed by atoms with van der Waals surface area (Å²) in [6.07, 6.45) is 0.794. The number of hydrogen-bond acceptors (Lipinski definition) is 7. The second-order valence-corrected chi connectivity index (χ2v) is 8.85. The lowest BCUT2D eigenvalue weighted by Crippen LogP contribution is -2.18. The number of amides is 1. The van der Waals surface area contributed by atoms with E-state index in [1.165, 1.54) is 0 Å². The van der Waals surface area contributed by atoms with Gasteiger partial charge < -0.3 is 16.8 Å². The lowest BCUT2D eigenvalue weighted by molar-refractivity contribution is 0.102. The number of aromatic nitrogens is 5. The van der Waals surface area contributed by atoms with Gasteiger partial charge in [-0.15, -0.1) is 10.2 Å². The van der Waals surface area contributed by atoms with E-state index in [0.29, 0.717) is 41.6 Å². The first-order valence-corrected chi connectivity index (χ1v) is 11.6. The molecule has 4 aromatic rings. The van der Waals surface area contributed by atoms with Crippen LogP contribution in [0.5, 0.6) is 0 Å². The standard InChI is InChI=1S/C26H30N8O/c1-15(2)11-22-21(14-28)23(18-9-7-17(13-27)8-10-18)24(16(3)29-22)30-26(35)20-6-4-5-19(12-20)25-31-33-34-32-25/h4-10,12,15H,11,13-14,27-28H2,1-3H3,(H,30,35)(H,31,32,33,34). The van der Waals surface area contributed by atoms with Gasteiger partial charge in [-0.3, -0.25) is 9.78 Å². The number of benzene rings is 2. The van der Waals surface area contributed by atoms with Crippen LogP contribution in [0.4, 0.5) is 5.69 Å². The minimum absolute atomic E-state index is 0.264. The van der Waals surface area contributed by atoms with Crippen molar-refractivity contribution in [2.24, 2.45) is 17.4 Å². The summed E-state index contributed by atoms with van der Waals surface area (Å²) in [6, 6.07) is 15.1. The Bertz CT molecular complexity index is 1310. The van der Waals surface area contributed by atoms with Crippen molar-refractivity contribution < 1.29 is 4.79 Å². The molecule has 2 aromatic heterocycles. The van der Waals surface area contributed by atoms with E-state index in [0.717, 1.165) is 40.1 Å². The lowest BCUT2D eigenvalue weighted by Gasteiger charge is -2.21. The van der Waals surface area contributed by atoms with Crippen molar-refractivity contribution in [3.8, 4) is 22.5 Å². The molecule has 0 fully saturated rings. The highest BCUT2D eigenvalue weighted by Crippen LogP contribution is 2.36. The number of aryl methyl sites for hydroxylation is 1. The summed E-state index contributed by atoms with van der Waals surface area (Å²) in [7, 11) is 0. The fraction of sp³-hybridized carbons (Fsp3) is 0.269. The molecule has 4 rings (SSSR count). The average Bonchev–Trinajstić information content (AvgIpc) is 3.40. The second-order valence-electron chi connectivity index (χ2n) is 8.85. The SMILES string of the molecule is Cc1nc(CC(C)C)c(CN)c(-c2ccc(CN)cc2)c1NC(=O)c1cccc(-c2nn[nH]n2)c1. The van der Waals surface area contributed by atoms with Crippen LogP contribution in [0.15, 0.2) is 48.5 Å². The monoisotopic (exact) mass is 470 g/mol. The number of nitrogens with two attached hydrogens (primary N) is 2. The Morgan fingerprint density at radius 3 is 2.46 bits per heavy atom. The van der Waals surface area contributed by atoms with Gasteiger partial charge >= 0.3 is 0 Å². The molecule has 9 heteroatoms. The molecule has 35 heavy (non-hydrogen) atoms. The summed E-state index contributed by atoms with van der Waals surface area (Å²) in [5.41, 5.74) is 19.4. The molecule has 9 nitrogen and oxygen atoms in total. The zero-order valence-corrected chi connectivity index (χ0v) is 20.2. The highest BCUT2D eigenvalue weighted by atomic mass is 16.1. The van der Waals surface area contributed by atoms with Crippen LogP contribution in [0.2, 0.25) is 0 Å². The molecule has 0 saturated heterocycles. The molecule has 0 radical (unpaired) electrons. The number of nitrogens with one attached hydrogen (secondary N) is 2. The average molecular weight is 471 g/mol. The fourth-order valence-electron chi connectivity index (χ4n) is 4.13. The highest BCUT2D eigenvalue weighted by Gasteiger charge is 2.21. The molecule has 0 aliphatic heterocycles. The van der Waals surface area contributed by atoms with E-state index in [-0.39, 0.29) is 5.91 Å². The molecular formula is C26H30N8O. The minimum Gasteiger partial charge on any atom is -0.326 e. The van der Waals surface area contributed by atoms with Crippen molar-refractivity contribution in [2.45, 2.75) is 40.3 Å². The molecule has 2 heterocycles. The molecular weight excluding hydrogens is 440 g/mol. The summed E-state index contributed by atoms with van der Waals surface area (Å²) >= 11 is 0. The predicted octanol–water partition coefficient (Wildman–Crippen LogP) is 3.61. The molecule has 0 atom stereocenters. The van der Waals surface area contributed by atoms with Crippen molar-refractivity contribution in [2.75, 3.05) is 5.32 Å².